The largest absolute Gasteiger partial charge is 0.398 e. The second kappa shape index (κ2) is 3.37. The van der Waals surface area contributed by atoms with Crippen molar-refractivity contribution in [3.8, 4) is 6.07 Å². The van der Waals surface area contributed by atoms with Gasteiger partial charge in [0.2, 0.25) is 0 Å². The predicted octanol–water partition coefficient (Wildman–Crippen LogP) is 0.905. The summed E-state index contributed by atoms with van der Waals surface area (Å²) in [5, 5.41) is 8.28. The second-order valence-electron chi connectivity index (χ2n) is 1.96. The van der Waals surface area contributed by atoms with Crippen molar-refractivity contribution in [2.24, 2.45) is 5.73 Å². The molecule has 1 heterocycles. The first-order valence-corrected chi connectivity index (χ1v) is 3.10. The van der Waals surface area contributed by atoms with Crippen molar-refractivity contribution in [2.45, 2.75) is 0 Å². The highest BCUT2D eigenvalue weighted by molar-refractivity contribution is 5.63. The maximum atomic E-state index is 8.28. The SMILES string of the molecule is N#C/C=C(/N)c1ccncc1. The van der Waals surface area contributed by atoms with Gasteiger partial charge in [0, 0.05) is 29.7 Å². The Kier molecular flexibility index (Phi) is 2.24. The van der Waals surface area contributed by atoms with Gasteiger partial charge >= 0.3 is 0 Å². The summed E-state index contributed by atoms with van der Waals surface area (Å²) in [5.74, 6) is 0. The normalized spacial score (nSPS) is 10.6. The lowest BCUT2D eigenvalue weighted by atomic mass is 10.2. The Labute approximate surface area is 64.8 Å². The molecule has 1 aromatic rings. The van der Waals surface area contributed by atoms with Crippen LogP contribution in [0.2, 0.25) is 0 Å². The van der Waals surface area contributed by atoms with Crippen LogP contribution in [0.1, 0.15) is 5.56 Å². The first-order chi connectivity index (χ1) is 5.34. The summed E-state index contributed by atoms with van der Waals surface area (Å²) >= 11 is 0. The van der Waals surface area contributed by atoms with Crippen LogP contribution in [-0.2, 0) is 0 Å². The molecule has 0 saturated carbocycles. The molecule has 54 valence electrons. The smallest absolute Gasteiger partial charge is 0.0933 e. The lowest BCUT2D eigenvalue weighted by molar-refractivity contribution is 1.31. The average molecular weight is 145 g/mol. The summed E-state index contributed by atoms with van der Waals surface area (Å²) in [6.07, 6.45) is 4.57. The van der Waals surface area contributed by atoms with Crippen molar-refractivity contribution >= 4 is 5.70 Å². The van der Waals surface area contributed by atoms with Gasteiger partial charge in [0.25, 0.3) is 0 Å². The van der Waals surface area contributed by atoms with E-state index in [1.807, 2.05) is 6.07 Å². The van der Waals surface area contributed by atoms with Crippen LogP contribution in [0.15, 0.2) is 30.6 Å². The van der Waals surface area contributed by atoms with Crippen LogP contribution in [0.25, 0.3) is 5.70 Å². The molecule has 0 radical (unpaired) electrons. The molecule has 2 N–H and O–H groups in total. The van der Waals surface area contributed by atoms with E-state index in [1.165, 1.54) is 6.08 Å². The lowest BCUT2D eigenvalue weighted by Gasteiger charge is -1.95. The van der Waals surface area contributed by atoms with E-state index in [0.29, 0.717) is 5.70 Å². The summed E-state index contributed by atoms with van der Waals surface area (Å²) in [6, 6.07) is 5.36. The molecular weight excluding hydrogens is 138 g/mol. The summed E-state index contributed by atoms with van der Waals surface area (Å²) in [7, 11) is 0. The minimum absolute atomic E-state index is 0.468. The topological polar surface area (TPSA) is 62.7 Å². The number of nitrogens with zero attached hydrogens (tertiary/aromatic N) is 2. The Hall–Kier alpha value is -1.82. The molecule has 1 aromatic heterocycles. The van der Waals surface area contributed by atoms with Crippen molar-refractivity contribution in [3.05, 3.63) is 36.2 Å². The summed E-state index contributed by atoms with van der Waals surface area (Å²) in [5.41, 5.74) is 6.80. The van der Waals surface area contributed by atoms with Gasteiger partial charge in [-0.1, -0.05) is 0 Å². The number of aromatic nitrogens is 1. The van der Waals surface area contributed by atoms with E-state index < -0.39 is 0 Å². The Bertz CT molecular complexity index is 295. The number of allylic oxidation sites excluding steroid dienone is 1. The molecule has 0 amide bonds. The van der Waals surface area contributed by atoms with E-state index in [-0.39, 0.29) is 0 Å². The molecule has 3 heteroatoms. The quantitative estimate of drug-likeness (QED) is 0.597. The zero-order valence-corrected chi connectivity index (χ0v) is 5.86. The van der Waals surface area contributed by atoms with E-state index in [4.69, 9.17) is 11.0 Å². The molecule has 0 bridgehead atoms. The van der Waals surface area contributed by atoms with Crippen molar-refractivity contribution in [3.63, 3.8) is 0 Å². The zero-order chi connectivity index (χ0) is 8.10. The van der Waals surface area contributed by atoms with Crippen LogP contribution in [0, 0.1) is 11.3 Å². The van der Waals surface area contributed by atoms with Crippen molar-refractivity contribution < 1.29 is 0 Å². The fraction of sp³-hybridized carbons (Fsp3) is 0. The number of nitrogens with two attached hydrogens (primary N) is 1. The monoisotopic (exact) mass is 145 g/mol. The van der Waals surface area contributed by atoms with Crippen molar-refractivity contribution in [1.82, 2.24) is 4.98 Å². The van der Waals surface area contributed by atoms with Gasteiger partial charge in [0.1, 0.15) is 0 Å². The third-order valence-corrected chi connectivity index (χ3v) is 1.23. The number of pyridine rings is 1. The van der Waals surface area contributed by atoms with Crippen LogP contribution in [0.3, 0.4) is 0 Å². The molecule has 0 saturated heterocycles. The van der Waals surface area contributed by atoms with Gasteiger partial charge in [-0.3, -0.25) is 4.98 Å². The standard InChI is InChI=1S/C8H7N3/c9-4-1-8(10)7-2-5-11-6-3-7/h1-3,5-6H,10H2/b8-1+. The van der Waals surface area contributed by atoms with Crippen LogP contribution >= 0.6 is 0 Å². The Morgan fingerprint density at radius 2 is 2.18 bits per heavy atom. The first-order valence-electron chi connectivity index (χ1n) is 3.10. The predicted molar refractivity (Wildman–Crippen MR) is 42.0 cm³/mol. The van der Waals surface area contributed by atoms with Crippen molar-refractivity contribution in [1.29, 1.82) is 5.26 Å². The molecule has 0 aliphatic rings. The van der Waals surface area contributed by atoms with Gasteiger partial charge in [0.05, 0.1) is 6.07 Å². The molecule has 0 atom stereocenters. The molecule has 0 fully saturated rings. The molecule has 3 nitrogen and oxygen atoms in total. The molecule has 1 rings (SSSR count). The maximum Gasteiger partial charge on any atom is 0.0933 e. The van der Waals surface area contributed by atoms with E-state index in [9.17, 15) is 0 Å². The maximum absolute atomic E-state index is 8.28. The number of nitriles is 1. The summed E-state index contributed by atoms with van der Waals surface area (Å²) in [6.45, 7) is 0. The van der Waals surface area contributed by atoms with Gasteiger partial charge in [-0.15, -0.1) is 0 Å². The van der Waals surface area contributed by atoms with Gasteiger partial charge < -0.3 is 5.73 Å². The van der Waals surface area contributed by atoms with Crippen LogP contribution in [-0.4, -0.2) is 4.98 Å². The molecule has 0 aliphatic carbocycles. The molecule has 11 heavy (non-hydrogen) atoms. The van der Waals surface area contributed by atoms with Crippen LogP contribution < -0.4 is 5.73 Å². The highest BCUT2D eigenvalue weighted by atomic mass is 14.6. The van der Waals surface area contributed by atoms with E-state index in [1.54, 1.807) is 24.5 Å². The third kappa shape index (κ3) is 1.80. The van der Waals surface area contributed by atoms with Crippen molar-refractivity contribution in [2.75, 3.05) is 0 Å². The minimum Gasteiger partial charge on any atom is -0.398 e. The van der Waals surface area contributed by atoms with Gasteiger partial charge in [-0.2, -0.15) is 5.26 Å². The van der Waals surface area contributed by atoms with Gasteiger partial charge in [-0.25, -0.2) is 0 Å². The Balaban J connectivity index is 2.96. The molecule has 0 aromatic carbocycles. The summed E-state index contributed by atoms with van der Waals surface area (Å²) in [4.78, 5) is 3.82. The van der Waals surface area contributed by atoms with E-state index in [2.05, 4.69) is 4.98 Å². The fourth-order valence-corrected chi connectivity index (χ4v) is 0.697. The molecule has 0 unspecified atom stereocenters. The number of rotatable bonds is 1. The van der Waals surface area contributed by atoms with E-state index in [0.717, 1.165) is 5.56 Å². The zero-order valence-electron chi connectivity index (χ0n) is 5.86. The van der Waals surface area contributed by atoms with E-state index >= 15 is 0 Å². The Morgan fingerprint density at radius 1 is 1.55 bits per heavy atom. The van der Waals surface area contributed by atoms with Crippen LogP contribution in [0.4, 0.5) is 0 Å². The van der Waals surface area contributed by atoms with Gasteiger partial charge in [0.15, 0.2) is 0 Å². The van der Waals surface area contributed by atoms with Crippen LogP contribution in [0.5, 0.6) is 0 Å². The number of hydrogen-bond acceptors (Lipinski definition) is 3. The van der Waals surface area contributed by atoms with Gasteiger partial charge in [-0.05, 0) is 12.1 Å². The third-order valence-electron chi connectivity index (χ3n) is 1.23. The number of hydrogen-bond donors (Lipinski definition) is 1. The minimum atomic E-state index is 0.468. The molecule has 0 spiro atoms. The highest BCUT2D eigenvalue weighted by Crippen LogP contribution is 2.04. The second-order valence-corrected chi connectivity index (χ2v) is 1.96. The molecule has 0 aliphatic heterocycles. The fourth-order valence-electron chi connectivity index (χ4n) is 0.697. The summed E-state index contributed by atoms with van der Waals surface area (Å²) < 4.78 is 0. The highest BCUT2D eigenvalue weighted by Gasteiger charge is 1.92. The lowest BCUT2D eigenvalue weighted by Crippen LogP contribution is -1.94. The first kappa shape index (κ1) is 7.29. The average Bonchev–Trinajstić information content (AvgIpc) is 2.07. The Morgan fingerprint density at radius 3 is 2.73 bits per heavy atom. The molecular formula is C8H7N3.